The second-order valence-electron chi connectivity index (χ2n) is 9.60. The van der Waals surface area contributed by atoms with E-state index in [4.69, 9.17) is 4.65 Å². The molecule has 2 aromatic carbocycles. The van der Waals surface area contributed by atoms with Gasteiger partial charge in [0.1, 0.15) is 0 Å². The van der Waals surface area contributed by atoms with Crippen LogP contribution >= 0.6 is 0 Å². The van der Waals surface area contributed by atoms with Crippen LogP contribution in [0.25, 0.3) is 0 Å². The maximum atomic E-state index is 13.6. The Morgan fingerprint density at radius 2 is 1.74 bits per heavy atom. The Morgan fingerprint density at radius 1 is 1.10 bits per heavy atom. The molecule has 1 N–H and O–H groups in total. The smallest absolute Gasteiger partial charge is 0.423 e. The Bertz CT molecular complexity index is 975. The SMILES string of the molecule is CCC(N(CC(=O)c1ccc2c(c1)B(O)OC2)C(=O)c1cc(C)cc(C)c1)C(C)(C)C. The van der Waals surface area contributed by atoms with Crippen LogP contribution < -0.4 is 5.46 Å². The predicted octanol–water partition coefficient (Wildman–Crippen LogP) is 3.67. The summed E-state index contributed by atoms with van der Waals surface area (Å²) in [6.07, 6.45) is 0.740. The van der Waals surface area contributed by atoms with Crippen LogP contribution in [-0.2, 0) is 11.3 Å². The topological polar surface area (TPSA) is 66.8 Å². The number of Topliss-reactive ketones (excluding diaryl/α,β-unsaturated/α-hetero) is 1. The predicted molar refractivity (Wildman–Crippen MR) is 124 cm³/mol. The Labute approximate surface area is 185 Å². The van der Waals surface area contributed by atoms with Crippen molar-refractivity contribution in [1.29, 1.82) is 0 Å². The fourth-order valence-electron chi connectivity index (χ4n) is 4.52. The minimum Gasteiger partial charge on any atom is -0.423 e. The van der Waals surface area contributed by atoms with E-state index < -0.39 is 7.12 Å². The van der Waals surface area contributed by atoms with Gasteiger partial charge >= 0.3 is 7.12 Å². The van der Waals surface area contributed by atoms with E-state index in [1.54, 1.807) is 17.0 Å². The molecule has 1 atom stereocenters. The summed E-state index contributed by atoms with van der Waals surface area (Å²) in [4.78, 5) is 28.6. The lowest BCUT2D eigenvalue weighted by atomic mass is 9.78. The fourth-order valence-corrected chi connectivity index (χ4v) is 4.52. The molecule has 1 amide bonds. The van der Waals surface area contributed by atoms with Crippen molar-refractivity contribution < 1.29 is 19.3 Å². The van der Waals surface area contributed by atoms with Crippen LogP contribution in [0.1, 0.15) is 71.5 Å². The molecule has 31 heavy (non-hydrogen) atoms. The molecule has 2 aromatic rings. The maximum Gasteiger partial charge on any atom is 0.491 e. The van der Waals surface area contributed by atoms with E-state index in [1.165, 1.54) is 0 Å². The number of hydrogen-bond donors (Lipinski definition) is 1. The number of carbonyl (C=O) groups excluding carboxylic acids is 2. The number of nitrogens with zero attached hydrogens (tertiary/aromatic N) is 1. The lowest BCUT2D eigenvalue weighted by Gasteiger charge is -2.39. The normalized spacial score (nSPS) is 14.4. The Balaban J connectivity index is 1.96. The minimum atomic E-state index is -1.01. The van der Waals surface area contributed by atoms with Gasteiger partial charge in [0.15, 0.2) is 5.78 Å². The molecule has 1 heterocycles. The van der Waals surface area contributed by atoms with Gasteiger partial charge in [-0.2, -0.15) is 0 Å². The largest absolute Gasteiger partial charge is 0.491 e. The van der Waals surface area contributed by atoms with Crippen molar-refractivity contribution in [3.63, 3.8) is 0 Å². The summed E-state index contributed by atoms with van der Waals surface area (Å²) in [6.45, 7) is 12.6. The van der Waals surface area contributed by atoms with E-state index in [1.807, 2.05) is 45.0 Å². The molecule has 1 aliphatic heterocycles. The number of fused-ring (bicyclic) bond motifs is 1. The molecule has 1 aliphatic rings. The number of hydrogen-bond acceptors (Lipinski definition) is 4. The number of aryl methyl sites for hydroxylation is 2. The molecular weight excluding hydrogens is 389 g/mol. The lowest BCUT2D eigenvalue weighted by molar-refractivity contribution is 0.0481. The third-order valence-corrected chi connectivity index (χ3v) is 5.94. The highest BCUT2D eigenvalue weighted by Crippen LogP contribution is 2.29. The summed E-state index contributed by atoms with van der Waals surface area (Å²) in [5.41, 5.74) is 4.44. The molecule has 0 bridgehead atoms. The lowest BCUT2D eigenvalue weighted by Crippen LogP contribution is -2.49. The molecule has 0 radical (unpaired) electrons. The van der Waals surface area contributed by atoms with E-state index in [0.717, 1.165) is 23.1 Å². The molecule has 0 saturated heterocycles. The minimum absolute atomic E-state index is 0.0165. The molecule has 1 unspecified atom stereocenters. The number of rotatable bonds is 6. The standard InChI is InChI=1S/C25H32BNO4/c1-7-23(25(4,5)6)27(24(29)20-11-16(2)10-17(3)12-20)14-22(28)18-8-9-19-15-31-26(30)21(19)13-18/h8-13,23,30H,7,14-15H2,1-6H3. The number of amides is 1. The zero-order chi connectivity index (χ0) is 22.9. The second-order valence-corrected chi connectivity index (χ2v) is 9.60. The molecule has 0 spiro atoms. The van der Waals surface area contributed by atoms with Gasteiger partial charge in [0.25, 0.3) is 5.91 Å². The summed E-state index contributed by atoms with van der Waals surface area (Å²) in [5.74, 6) is -0.284. The first-order valence-electron chi connectivity index (χ1n) is 10.9. The number of carbonyl (C=O) groups is 2. The van der Waals surface area contributed by atoms with E-state index >= 15 is 0 Å². The summed E-state index contributed by atoms with van der Waals surface area (Å²) < 4.78 is 5.24. The van der Waals surface area contributed by atoms with Gasteiger partial charge in [-0.05, 0) is 48.8 Å². The highest BCUT2D eigenvalue weighted by atomic mass is 16.5. The molecular formula is C25H32BNO4. The van der Waals surface area contributed by atoms with E-state index in [2.05, 4.69) is 20.8 Å². The van der Waals surface area contributed by atoms with Crippen LogP contribution in [-0.4, -0.2) is 41.3 Å². The molecule has 0 fully saturated rings. The average Bonchev–Trinajstić information content (AvgIpc) is 3.05. The maximum absolute atomic E-state index is 13.6. The first-order valence-corrected chi connectivity index (χ1v) is 10.9. The van der Waals surface area contributed by atoms with E-state index in [9.17, 15) is 14.6 Å². The van der Waals surface area contributed by atoms with Crippen molar-refractivity contribution in [3.05, 3.63) is 64.2 Å². The molecule has 0 aromatic heterocycles. The molecule has 5 nitrogen and oxygen atoms in total. The van der Waals surface area contributed by atoms with Gasteiger partial charge in [-0.15, -0.1) is 0 Å². The van der Waals surface area contributed by atoms with Crippen molar-refractivity contribution in [1.82, 2.24) is 4.90 Å². The van der Waals surface area contributed by atoms with Crippen molar-refractivity contribution in [2.45, 2.75) is 60.6 Å². The monoisotopic (exact) mass is 421 g/mol. The summed E-state index contributed by atoms with van der Waals surface area (Å²) in [6, 6.07) is 10.9. The van der Waals surface area contributed by atoms with Crippen molar-refractivity contribution in [2.24, 2.45) is 5.41 Å². The molecule has 164 valence electrons. The molecule has 0 aliphatic carbocycles. The summed E-state index contributed by atoms with van der Waals surface area (Å²) >= 11 is 0. The average molecular weight is 421 g/mol. The van der Waals surface area contributed by atoms with Gasteiger partial charge in [0.2, 0.25) is 0 Å². The highest BCUT2D eigenvalue weighted by Gasteiger charge is 2.35. The zero-order valence-electron chi connectivity index (χ0n) is 19.4. The van der Waals surface area contributed by atoms with Crippen LogP contribution in [0.3, 0.4) is 0 Å². The van der Waals surface area contributed by atoms with Crippen LogP contribution in [0.5, 0.6) is 0 Å². The van der Waals surface area contributed by atoms with E-state index in [-0.39, 0.29) is 29.7 Å². The summed E-state index contributed by atoms with van der Waals surface area (Å²) in [7, 11) is -1.01. The second kappa shape index (κ2) is 8.97. The third-order valence-electron chi connectivity index (χ3n) is 5.94. The van der Waals surface area contributed by atoms with Crippen molar-refractivity contribution in [3.8, 4) is 0 Å². The van der Waals surface area contributed by atoms with Crippen LogP contribution in [0.15, 0.2) is 36.4 Å². The first-order chi connectivity index (χ1) is 14.5. The molecule has 0 saturated carbocycles. The van der Waals surface area contributed by atoms with Crippen LogP contribution in [0.2, 0.25) is 0 Å². The van der Waals surface area contributed by atoms with Gasteiger partial charge in [-0.1, -0.05) is 63.1 Å². The van der Waals surface area contributed by atoms with Gasteiger partial charge in [0.05, 0.1) is 13.2 Å². The van der Waals surface area contributed by atoms with Gasteiger partial charge < -0.3 is 14.6 Å². The first kappa shape index (κ1) is 23.2. The molecule has 6 heteroatoms. The summed E-state index contributed by atoms with van der Waals surface area (Å²) in [5, 5.41) is 9.99. The van der Waals surface area contributed by atoms with Gasteiger partial charge in [-0.25, -0.2) is 0 Å². The third kappa shape index (κ3) is 5.08. The zero-order valence-corrected chi connectivity index (χ0v) is 19.4. The number of ketones is 1. The van der Waals surface area contributed by atoms with Crippen molar-refractivity contribution >= 4 is 24.3 Å². The quantitative estimate of drug-likeness (QED) is 0.571. The Morgan fingerprint density at radius 3 is 2.32 bits per heavy atom. The Kier molecular flexibility index (Phi) is 6.72. The fraction of sp³-hybridized carbons (Fsp3) is 0.440. The highest BCUT2D eigenvalue weighted by molar-refractivity contribution is 6.61. The van der Waals surface area contributed by atoms with E-state index in [0.29, 0.717) is 23.2 Å². The molecule has 3 rings (SSSR count). The van der Waals surface area contributed by atoms with Crippen molar-refractivity contribution in [2.75, 3.05) is 6.54 Å². The Hall–Kier alpha value is -2.44. The van der Waals surface area contributed by atoms with Gasteiger partial charge in [0, 0.05) is 17.2 Å². The van der Waals surface area contributed by atoms with Crippen LogP contribution in [0, 0.1) is 19.3 Å². The van der Waals surface area contributed by atoms with Crippen LogP contribution in [0.4, 0.5) is 0 Å². The van der Waals surface area contributed by atoms with Gasteiger partial charge in [-0.3, -0.25) is 9.59 Å². The number of benzene rings is 2.